The number of nitrogens with one attached hydrogen (secondary N) is 1. The lowest BCUT2D eigenvalue weighted by molar-refractivity contribution is -0.288. The molecular weight excluding hydrogens is 510 g/mol. The van der Waals surface area contributed by atoms with Crippen molar-refractivity contribution in [2.24, 2.45) is 0 Å². The van der Waals surface area contributed by atoms with Gasteiger partial charge in [0.1, 0.15) is 42.7 Å². The SMILES string of the molecule is CC(=O)N[C@H]1C([C@H](O)[C@H](O)CO)O[C@@](SCCCOCC2O[C@@H](O)C(O)C(O)[C@H]2O)(C(=O)O)C[C@H]1O. The van der Waals surface area contributed by atoms with Crippen LogP contribution in [0, 0.1) is 0 Å². The van der Waals surface area contributed by atoms with E-state index in [2.05, 4.69) is 5.32 Å². The quantitative estimate of drug-likeness (QED) is 0.103. The van der Waals surface area contributed by atoms with Gasteiger partial charge in [-0.05, 0) is 12.2 Å². The molecule has 10 N–H and O–H groups in total. The Morgan fingerprint density at radius 2 is 1.81 bits per heavy atom. The summed E-state index contributed by atoms with van der Waals surface area (Å²) < 4.78 is 16.0. The zero-order chi connectivity index (χ0) is 27.2. The summed E-state index contributed by atoms with van der Waals surface area (Å²) in [4.78, 5) is 21.6. The van der Waals surface area contributed by atoms with E-state index in [9.17, 15) is 55.5 Å². The molecule has 2 saturated heterocycles. The maximum absolute atomic E-state index is 12.1. The van der Waals surface area contributed by atoms with Crippen LogP contribution in [0.5, 0.6) is 0 Å². The first kappa shape index (κ1) is 31.1. The summed E-state index contributed by atoms with van der Waals surface area (Å²) in [5, 5.41) is 90.9. The third-order valence-electron chi connectivity index (χ3n) is 5.92. The number of ether oxygens (including phenoxy) is 3. The Balaban J connectivity index is 1.96. The van der Waals surface area contributed by atoms with Gasteiger partial charge in [0.15, 0.2) is 6.29 Å². The van der Waals surface area contributed by atoms with Gasteiger partial charge in [0, 0.05) is 20.0 Å². The molecular formula is C20H35NO14S. The second-order valence-corrected chi connectivity index (χ2v) is 10.0. The third kappa shape index (κ3) is 7.46. The normalized spacial score (nSPS) is 38.8. The van der Waals surface area contributed by atoms with Crippen LogP contribution in [0.3, 0.4) is 0 Å². The number of aliphatic hydroxyl groups is 8. The van der Waals surface area contributed by atoms with Crippen molar-refractivity contribution in [2.45, 2.75) is 85.9 Å². The van der Waals surface area contributed by atoms with Gasteiger partial charge in [-0.1, -0.05) is 0 Å². The van der Waals surface area contributed by atoms with Crippen molar-refractivity contribution in [3.8, 4) is 0 Å². The fraction of sp³-hybridized carbons (Fsp3) is 0.900. The summed E-state index contributed by atoms with van der Waals surface area (Å²) in [6, 6.07) is -1.25. The molecule has 0 aliphatic carbocycles. The number of hydrogen-bond acceptors (Lipinski definition) is 14. The lowest BCUT2D eigenvalue weighted by Crippen LogP contribution is -2.66. The molecule has 16 heteroatoms. The van der Waals surface area contributed by atoms with Gasteiger partial charge in [-0.2, -0.15) is 0 Å². The van der Waals surface area contributed by atoms with Gasteiger partial charge in [0.25, 0.3) is 0 Å². The van der Waals surface area contributed by atoms with Crippen molar-refractivity contribution in [2.75, 3.05) is 25.6 Å². The van der Waals surface area contributed by atoms with Crippen LogP contribution in [-0.2, 0) is 23.8 Å². The van der Waals surface area contributed by atoms with Gasteiger partial charge in [0.05, 0.1) is 25.4 Å². The standard InChI is InChI=1S/C20H35NO14S/c1-8(23)21-12-9(24)5-20(19(31)32,35-17(12)13(26)10(25)6-22)36-4-2-3-33-7-11-14(27)15(28)16(29)18(30)34-11/h9-18,22,24-30H,2-7H2,1H3,(H,21,23)(H,31,32)/t9-,10-,11?,12-,13-,14+,15?,16?,17?,18-,20+/m1/s1. The maximum atomic E-state index is 12.1. The number of thioether (sulfide) groups is 1. The summed E-state index contributed by atoms with van der Waals surface area (Å²) in [6.45, 7) is 0.0717. The van der Waals surface area contributed by atoms with E-state index in [4.69, 9.17) is 14.2 Å². The van der Waals surface area contributed by atoms with Crippen molar-refractivity contribution in [3.63, 3.8) is 0 Å². The van der Waals surface area contributed by atoms with Crippen LogP contribution in [0.25, 0.3) is 0 Å². The molecule has 2 rings (SSSR count). The minimum Gasteiger partial charge on any atom is -0.478 e. The number of carboxylic acids is 1. The van der Waals surface area contributed by atoms with Crippen molar-refractivity contribution in [3.05, 3.63) is 0 Å². The highest BCUT2D eigenvalue weighted by atomic mass is 32.2. The number of aliphatic hydroxyl groups excluding tert-OH is 8. The van der Waals surface area contributed by atoms with Crippen molar-refractivity contribution >= 4 is 23.6 Å². The Kier molecular flexibility index (Phi) is 11.7. The van der Waals surface area contributed by atoms with Gasteiger partial charge in [-0.3, -0.25) is 4.79 Å². The fourth-order valence-electron chi connectivity index (χ4n) is 3.94. The summed E-state index contributed by atoms with van der Waals surface area (Å²) >= 11 is 0.782. The highest BCUT2D eigenvalue weighted by molar-refractivity contribution is 8.01. The van der Waals surface area contributed by atoms with E-state index in [0.717, 1.165) is 18.7 Å². The van der Waals surface area contributed by atoms with Crippen LogP contribution in [0.2, 0.25) is 0 Å². The Labute approximate surface area is 210 Å². The van der Waals surface area contributed by atoms with Crippen molar-refractivity contribution in [1.82, 2.24) is 5.32 Å². The Morgan fingerprint density at radius 1 is 1.14 bits per heavy atom. The van der Waals surface area contributed by atoms with Gasteiger partial charge >= 0.3 is 5.97 Å². The molecule has 1 amide bonds. The van der Waals surface area contributed by atoms with Crippen LogP contribution in [0.15, 0.2) is 0 Å². The Bertz CT molecular complexity index is 733. The number of carbonyl (C=O) groups excluding carboxylic acids is 1. The van der Waals surface area contributed by atoms with Gasteiger partial charge < -0.3 is 65.5 Å². The smallest absolute Gasteiger partial charge is 0.346 e. The monoisotopic (exact) mass is 545 g/mol. The molecule has 2 aliphatic heterocycles. The molecule has 0 bridgehead atoms. The fourth-order valence-corrected chi connectivity index (χ4v) is 5.13. The maximum Gasteiger partial charge on any atom is 0.346 e. The highest BCUT2D eigenvalue weighted by Crippen LogP contribution is 2.40. The van der Waals surface area contributed by atoms with Gasteiger partial charge in [-0.15, -0.1) is 11.8 Å². The topological polar surface area (TPSA) is 256 Å². The molecule has 2 fully saturated rings. The average Bonchev–Trinajstić information content (AvgIpc) is 2.82. The van der Waals surface area contributed by atoms with E-state index in [-0.39, 0.29) is 25.4 Å². The second kappa shape index (κ2) is 13.6. The number of rotatable bonds is 12. The molecule has 0 spiro atoms. The van der Waals surface area contributed by atoms with E-state index in [1.165, 1.54) is 0 Å². The Morgan fingerprint density at radius 3 is 2.39 bits per heavy atom. The van der Waals surface area contributed by atoms with E-state index in [0.29, 0.717) is 0 Å². The highest BCUT2D eigenvalue weighted by Gasteiger charge is 2.55. The number of carbonyl (C=O) groups is 2. The first-order chi connectivity index (χ1) is 16.8. The minimum absolute atomic E-state index is 0.0381. The molecule has 210 valence electrons. The average molecular weight is 546 g/mol. The summed E-state index contributed by atoms with van der Waals surface area (Å²) in [7, 11) is 0. The van der Waals surface area contributed by atoms with Crippen LogP contribution in [0.1, 0.15) is 19.8 Å². The molecule has 0 radical (unpaired) electrons. The van der Waals surface area contributed by atoms with Crippen LogP contribution in [0.4, 0.5) is 0 Å². The van der Waals surface area contributed by atoms with E-state index >= 15 is 0 Å². The number of hydrogen-bond donors (Lipinski definition) is 10. The first-order valence-electron chi connectivity index (χ1n) is 11.3. The zero-order valence-electron chi connectivity index (χ0n) is 19.5. The Hall–Kier alpha value is -1.15. The summed E-state index contributed by atoms with van der Waals surface area (Å²) in [6.07, 6.45) is -14.4. The van der Waals surface area contributed by atoms with Gasteiger partial charge in [0.2, 0.25) is 10.8 Å². The zero-order valence-corrected chi connectivity index (χ0v) is 20.3. The van der Waals surface area contributed by atoms with Crippen LogP contribution in [-0.4, -0.2) is 150 Å². The summed E-state index contributed by atoms with van der Waals surface area (Å²) in [5.74, 6) is -1.94. The number of amides is 1. The molecule has 2 aliphatic rings. The van der Waals surface area contributed by atoms with E-state index in [1.54, 1.807) is 0 Å². The largest absolute Gasteiger partial charge is 0.478 e. The predicted molar refractivity (Wildman–Crippen MR) is 119 cm³/mol. The van der Waals surface area contributed by atoms with Crippen LogP contribution >= 0.6 is 11.8 Å². The van der Waals surface area contributed by atoms with E-state index < -0.39 is 91.0 Å². The lowest BCUT2D eigenvalue weighted by atomic mass is 9.90. The van der Waals surface area contributed by atoms with Crippen molar-refractivity contribution in [1.29, 1.82) is 0 Å². The van der Waals surface area contributed by atoms with Crippen molar-refractivity contribution < 1.29 is 69.8 Å². The molecule has 0 aromatic rings. The molecule has 0 aromatic carbocycles. The molecule has 15 nitrogen and oxygen atoms in total. The summed E-state index contributed by atoms with van der Waals surface area (Å²) in [5.41, 5.74) is 0. The third-order valence-corrected chi connectivity index (χ3v) is 7.32. The predicted octanol–water partition coefficient (Wildman–Crippen LogP) is -4.92. The molecule has 36 heavy (non-hydrogen) atoms. The van der Waals surface area contributed by atoms with E-state index in [1.807, 2.05) is 0 Å². The minimum atomic E-state index is -2.05. The number of carboxylic acid groups (broad SMARTS) is 1. The number of aliphatic carboxylic acids is 1. The second-order valence-electron chi connectivity index (χ2n) is 8.69. The molecule has 0 saturated carbocycles. The van der Waals surface area contributed by atoms with Gasteiger partial charge in [-0.25, -0.2) is 4.79 Å². The molecule has 4 unspecified atom stereocenters. The molecule has 2 heterocycles. The first-order valence-corrected chi connectivity index (χ1v) is 12.3. The van der Waals surface area contributed by atoms with Crippen LogP contribution < -0.4 is 5.32 Å². The molecule has 11 atom stereocenters. The molecule has 0 aromatic heterocycles. The lowest BCUT2D eigenvalue weighted by Gasteiger charge is -2.46.